The van der Waals surface area contributed by atoms with Gasteiger partial charge in [-0.1, -0.05) is 36.4 Å². The molecule has 4 rings (SSSR count). The van der Waals surface area contributed by atoms with Crippen LogP contribution in [0.25, 0.3) is 16.6 Å². The lowest BCUT2D eigenvalue weighted by molar-refractivity contribution is 0.0955. The zero-order valence-corrected chi connectivity index (χ0v) is 17.3. The molecule has 31 heavy (non-hydrogen) atoms. The highest BCUT2D eigenvalue weighted by molar-refractivity contribution is 6.02. The Bertz CT molecular complexity index is 1210. The van der Waals surface area contributed by atoms with Crippen molar-refractivity contribution >= 4 is 35.2 Å². The molecule has 4 aromatic rings. The van der Waals surface area contributed by atoms with Gasteiger partial charge in [-0.2, -0.15) is 10.1 Å². The maximum atomic E-state index is 12.5. The molecule has 0 saturated carbocycles. The van der Waals surface area contributed by atoms with Crippen molar-refractivity contribution in [1.29, 1.82) is 0 Å². The van der Waals surface area contributed by atoms with E-state index in [0.29, 0.717) is 12.3 Å². The van der Waals surface area contributed by atoms with Crippen LogP contribution in [-0.2, 0) is 18.0 Å². The van der Waals surface area contributed by atoms with Gasteiger partial charge in [-0.15, -0.1) is 12.4 Å². The van der Waals surface area contributed by atoms with Crippen LogP contribution in [0.2, 0.25) is 0 Å². The first-order chi connectivity index (χ1) is 14.6. The summed E-state index contributed by atoms with van der Waals surface area (Å²) < 4.78 is 7.57. The van der Waals surface area contributed by atoms with Gasteiger partial charge in [-0.3, -0.25) is 9.78 Å². The number of nitrogens with two attached hydrogens (primary N) is 2. The van der Waals surface area contributed by atoms with E-state index in [1.807, 2.05) is 60.7 Å². The number of aromatic nitrogens is 3. The van der Waals surface area contributed by atoms with E-state index in [2.05, 4.69) is 15.1 Å². The third-order valence-electron chi connectivity index (χ3n) is 4.53. The second kappa shape index (κ2) is 9.84. The molecule has 0 spiro atoms. The standard InChI is InChI=1S/C22H20N6O2.ClH/c23-22(24)27-21(29)17-12-26-28(19-10-4-9-18-16(19)8-5-11-25-18)20(17)14-30-13-15-6-2-1-3-7-15;/h1-12H,13-14H2,(H4,23,24,27,29);1H. The Kier molecular flexibility index (Phi) is 6.96. The third-order valence-corrected chi connectivity index (χ3v) is 4.53. The van der Waals surface area contributed by atoms with Gasteiger partial charge >= 0.3 is 0 Å². The average molecular weight is 437 g/mol. The molecule has 0 atom stereocenters. The maximum absolute atomic E-state index is 12.5. The molecule has 0 radical (unpaired) electrons. The number of guanidine groups is 1. The van der Waals surface area contributed by atoms with Gasteiger partial charge < -0.3 is 16.2 Å². The second-order valence-corrected chi connectivity index (χ2v) is 6.58. The summed E-state index contributed by atoms with van der Waals surface area (Å²) in [6, 6.07) is 19.3. The van der Waals surface area contributed by atoms with Crippen molar-refractivity contribution in [2.45, 2.75) is 13.2 Å². The minimum Gasteiger partial charge on any atom is -0.370 e. The van der Waals surface area contributed by atoms with Gasteiger partial charge in [0.25, 0.3) is 5.91 Å². The van der Waals surface area contributed by atoms with Crippen LogP contribution in [0.15, 0.2) is 78.0 Å². The van der Waals surface area contributed by atoms with E-state index in [0.717, 1.165) is 22.2 Å². The normalized spacial score (nSPS) is 10.5. The number of benzene rings is 2. The van der Waals surface area contributed by atoms with Crippen molar-refractivity contribution in [3.8, 4) is 5.69 Å². The predicted octanol–water partition coefficient (Wildman–Crippen LogP) is 2.97. The number of halogens is 1. The molecule has 0 unspecified atom stereocenters. The highest BCUT2D eigenvalue weighted by Crippen LogP contribution is 2.24. The van der Waals surface area contributed by atoms with E-state index in [4.69, 9.17) is 16.2 Å². The zero-order chi connectivity index (χ0) is 20.9. The molecule has 2 aromatic heterocycles. The van der Waals surface area contributed by atoms with Gasteiger partial charge in [-0.25, -0.2) is 4.68 Å². The third kappa shape index (κ3) is 4.88. The van der Waals surface area contributed by atoms with Crippen molar-refractivity contribution in [1.82, 2.24) is 14.8 Å². The molecular formula is C22H21ClN6O2. The Balaban J connectivity index is 0.00000272. The highest BCUT2D eigenvalue weighted by Gasteiger charge is 2.20. The predicted molar refractivity (Wildman–Crippen MR) is 121 cm³/mol. The number of fused-ring (bicyclic) bond motifs is 1. The Morgan fingerprint density at radius 1 is 1.00 bits per heavy atom. The van der Waals surface area contributed by atoms with Gasteiger partial charge in [0.15, 0.2) is 5.96 Å². The lowest BCUT2D eigenvalue weighted by Gasteiger charge is -2.12. The summed E-state index contributed by atoms with van der Waals surface area (Å²) in [6.07, 6.45) is 3.18. The van der Waals surface area contributed by atoms with Gasteiger partial charge in [0.05, 0.1) is 41.9 Å². The number of aliphatic imine (C=N–C) groups is 1. The number of amides is 1. The van der Waals surface area contributed by atoms with E-state index >= 15 is 0 Å². The number of carbonyl (C=O) groups excluding carboxylic acids is 1. The molecule has 0 saturated heterocycles. The fraction of sp³-hybridized carbons (Fsp3) is 0.0909. The minimum atomic E-state index is -0.571. The van der Waals surface area contributed by atoms with Crippen LogP contribution in [-0.4, -0.2) is 26.6 Å². The van der Waals surface area contributed by atoms with Crippen LogP contribution in [0.3, 0.4) is 0 Å². The monoisotopic (exact) mass is 436 g/mol. The summed E-state index contributed by atoms with van der Waals surface area (Å²) in [5.41, 5.74) is 14.2. The van der Waals surface area contributed by atoms with Crippen LogP contribution in [0.5, 0.6) is 0 Å². The summed E-state index contributed by atoms with van der Waals surface area (Å²) in [5.74, 6) is -0.879. The topological polar surface area (TPSA) is 121 Å². The smallest absolute Gasteiger partial charge is 0.283 e. The molecule has 0 aliphatic heterocycles. The lowest BCUT2D eigenvalue weighted by Crippen LogP contribution is -2.24. The molecule has 2 aromatic carbocycles. The van der Waals surface area contributed by atoms with E-state index in [1.165, 1.54) is 6.20 Å². The zero-order valence-electron chi connectivity index (χ0n) is 16.5. The quantitative estimate of drug-likeness (QED) is 0.354. The second-order valence-electron chi connectivity index (χ2n) is 6.58. The minimum absolute atomic E-state index is 0. The molecule has 9 heteroatoms. The van der Waals surface area contributed by atoms with Crippen molar-refractivity contribution < 1.29 is 9.53 Å². The van der Waals surface area contributed by atoms with Crippen LogP contribution < -0.4 is 11.5 Å². The molecular weight excluding hydrogens is 416 g/mol. The largest absolute Gasteiger partial charge is 0.370 e. The number of carbonyl (C=O) groups is 1. The highest BCUT2D eigenvalue weighted by atomic mass is 35.5. The first kappa shape index (κ1) is 21.9. The number of ether oxygens (including phenoxy) is 1. The summed E-state index contributed by atoms with van der Waals surface area (Å²) in [5, 5.41) is 5.32. The first-order valence-corrected chi connectivity index (χ1v) is 9.30. The molecule has 8 nitrogen and oxygen atoms in total. The first-order valence-electron chi connectivity index (χ1n) is 9.30. The van der Waals surface area contributed by atoms with Crippen LogP contribution in [0, 0.1) is 0 Å². The number of hydrogen-bond acceptors (Lipinski definition) is 4. The maximum Gasteiger partial charge on any atom is 0.283 e. The van der Waals surface area contributed by atoms with Crippen molar-refractivity contribution in [2.24, 2.45) is 16.5 Å². The molecule has 2 heterocycles. The SMILES string of the molecule is Cl.NC(N)=NC(=O)c1cnn(-c2cccc3ncccc23)c1COCc1ccccc1. The van der Waals surface area contributed by atoms with Crippen molar-refractivity contribution in [3.63, 3.8) is 0 Å². The van der Waals surface area contributed by atoms with E-state index in [-0.39, 0.29) is 30.5 Å². The summed E-state index contributed by atoms with van der Waals surface area (Å²) in [6.45, 7) is 0.533. The van der Waals surface area contributed by atoms with Crippen LogP contribution in [0.1, 0.15) is 21.6 Å². The van der Waals surface area contributed by atoms with Gasteiger partial charge in [-0.05, 0) is 29.8 Å². The summed E-state index contributed by atoms with van der Waals surface area (Å²) >= 11 is 0. The Hall–Kier alpha value is -3.75. The van der Waals surface area contributed by atoms with Crippen molar-refractivity contribution in [3.05, 3.63) is 89.9 Å². The molecule has 1 amide bonds. The van der Waals surface area contributed by atoms with Gasteiger partial charge in [0, 0.05) is 11.6 Å². The molecule has 0 aliphatic rings. The van der Waals surface area contributed by atoms with Gasteiger partial charge in [0.2, 0.25) is 0 Å². The van der Waals surface area contributed by atoms with Gasteiger partial charge in [0.1, 0.15) is 0 Å². The number of nitrogens with zero attached hydrogens (tertiary/aromatic N) is 4. The summed E-state index contributed by atoms with van der Waals surface area (Å²) in [7, 11) is 0. The Labute approximate surface area is 185 Å². The number of pyridine rings is 1. The van der Waals surface area contributed by atoms with E-state index < -0.39 is 5.91 Å². The fourth-order valence-corrected chi connectivity index (χ4v) is 3.19. The Morgan fingerprint density at radius 2 is 1.81 bits per heavy atom. The van der Waals surface area contributed by atoms with E-state index in [1.54, 1.807) is 10.9 Å². The summed E-state index contributed by atoms with van der Waals surface area (Å²) in [4.78, 5) is 20.6. The molecule has 0 bridgehead atoms. The van der Waals surface area contributed by atoms with E-state index in [9.17, 15) is 4.79 Å². The molecule has 0 aliphatic carbocycles. The molecule has 4 N–H and O–H groups in total. The molecule has 0 fully saturated rings. The van der Waals surface area contributed by atoms with Crippen LogP contribution in [0.4, 0.5) is 0 Å². The Morgan fingerprint density at radius 3 is 2.58 bits per heavy atom. The number of rotatable bonds is 6. The molecule has 158 valence electrons. The van der Waals surface area contributed by atoms with Crippen molar-refractivity contribution in [2.75, 3.05) is 0 Å². The van der Waals surface area contributed by atoms with Crippen LogP contribution >= 0.6 is 12.4 Å². The number of hydrogen-bond donors (Lipinski definition) is 2. The lowest BCUT2D eigenvalue weighted by atomic mass is 10.1. The average Bonchev–Trinajstić information content (AvgIpc) is 3.17. The fourth-order valence-electron chi connectivity index (χ4n) is 3.19.